The smallest absolute Gasteiger partial charge is 0.396 e. The largest absolute Gasteiger partial charge is 0.416 e. The predicted molar refractivity (Wildman–Crippen MR) is 98.8 cm³/mol. The highest BCUT2D eigenvalue weighted by Crippen LogP contribution is 2.31. The summed E-state index contributed by atoms with van der Waals surface area (Å²) < 4.78 is 38.4. The van der Waals surface area contributed by atoms with Crippen LogP contribution in [0.4, 0.5) is 18.9 Å². The topological polar surface area (TPSA) is 66.4 Å². The van der Waals surface area contributed by atoms with Gasteiger partial charge < -0.3 is 10.4 Å². The Hall–Kier alpha value is -2.93. The number of ketones is 1. The summed E-state index contributed by atoms with van der Waals surface area (Å²) in [7, 11) is 0. The first-order valence-corrected chi connectivity index (χ1v) is 8.72. The van der Waals surface area contributed by atoms with Crippen LogP contribution in [-0.2, 0) is 17.4 Å². The van der Waals surface area contributed by atoms with E-state index in [1.54, 1.807) is 30.4 Å². The fraction of sp³-hybridized carbons (Fsp3) is 0.238. The maximum Gasteiger partial charge on any atom is 0.416 e. The van der Waals surface area contributed by atoms with E-state index in [9.17, 15) is 22.8 Å². The summed E-state index contributed by atoms with van der Waals surface area (Å²) in [6.45, 7) is -0.108. The van der Waals surface area contributed by atoms with E-state index in [0.717, 1.165) is 12.1 Å². The lowest BCUT2D eigenvalue weighted by Gasteiger charge is -2.20. The number of nitrogens with one attached hydrogen (secondary N) is 1. The number of aliphatic hydroxyl groups is 1. The van der Waals surface area contributed by atoms with Crippen LogP contribution in [0.3, 0.4) is 0 Å². The number of fused-ring (bicyclic) bond motifs is 1. The van der Waals surface area contributed by atoms with Crippen molar-refractivity contribution in [1.82, 2.24) is 0 Å². The highest BCUT2D eigenvalue weighted by atomic mass is 19.4. The summed E-state index contributed by atoms with van der Waals surface area (Å²) in [4.78, 5) is 24.8. The van der Waals surface area contributed by atoms with E-state index in [4.69, 9.17) is 5.11 Å². The summed E-state index contributed by atoms with van der Waals surface area (Å²) in [5, 5.41) is 11.7. The van der Waals surface area contributed by atoms with Gasteiger partial charge in [0.2, 0.25) is 5.91 Å². The van der Waals surface area contributed by atoms with Crippen LogP contribution >= 0.6 is 0 Å². The lowest BCUT2D eigenvalue weighted by atomic mass is 9.86. The number of allylic oxidation sites excluding steroid dienone is 1. The van der Waals surface area contributed by atoms with Crippen LogP contribution in [0.5, 0.6) is 0 Å². The number of benzene rings is 2. The predicted octanol–water partition coefficient (Wildman–Crippen LogP) is 4.09. The average Bonchev–Trinajstić information content (AvgIpc) is 2.64. The Balaban J connectivity index is 1.77. The number of aliphatic hydroxyl groups excluding tert-OH is 1. The van der Waals surface area contributed by atoms with E-state index in [1.165, 1.54) is 12.1 Å². The van der Waals surface area contributed by atoms with Gasteiger partial charge >= 0.3 is 6.18 Å². The molecule has 7 heteroatoms. The molecular weight excluding hydrogens is 371 g/mol. The Morgan fingerprint density at radius 1 is 1.14 bits per heavy atom. The molecule has 1 atom stereocenters. The van der Waals surface area contributed by atoms with Gasteiger partial charge in [-0.3, -0.25) is 9.59 Å². The molecule has 2 N–H and O–H groups in total. The number of alkyl halides is 3. The van der Waals surface area contributed by atoms with Gasteiger partial charge in [0, 0.05) is 29.3 Å². The molecule has 0 aliphatic heterocycles. The molecule has 0 fully saturated rings. The van der Waals surface area contributed by atoms with Crippen LogP contribution in [-0.4, -0.2) is 23.4 Å². The Bertz CT molecular complexity index is 935. The molecule has 1 amide bonds. The van der Waals surface area contributed by atoms with Crippen molar-refractivity contribution in [3.8, 4) is 0 Å². The monoisotopic (exact) mass is 389 g/mol. The molecule has 1 unspecified atom stereocenters. The fourth-order valence-corrected chi connectivity index (χ4v) is 3.17. The molecule has 3 rings (SSSR count). The zero-order valence-electron chi connectivity index (χ0n) is 14.8. The minimum absolute atomic E-state index is 0.108. The van der Waals surface area contributed by atoms with Crippen LogP contribution in [0, 0.1) is 5.92 Å². The molecule has 0 heterocycles. The van der Waals surface area contributed by atoms with Crippen LogP contribution in [0.2, 0.25) is 0 Å². The van der Waals surface area contributed by atoms with Crippen molar-refractivity contribution >= 4 is 23.5 Å². The zero-order chi connectivity index (χ0) is 20.3. The number of Topliss-reactive ketones (excluding diaryl/α,β-unsaturated/α-hetero) is 1. The number of anilines is 1. The summed E-state index contributed by atoms with van der Waals surface area (Å²) in [6.07, 6.45) is -0.971. The molecular formula is C21H18F3NO3. The number of carbonyl (C=O) groups excluding carboxylic acids is 2. The van der Waals surface area contributed by atoms with Gasteiger partial charge in [-0.25, -0.2) is 0 Å². The molecule has 0 radical (unpaired) electrons. The van der Waals surface area contributed by atoms with E-state index in [2.05, 4.69) is 5.32 Å². The minimum atomic E-state index is -4.47. The standard InChI is InChI=1S/C21H18F3NO3/c22-21(23,24)15-4-1-3-13(11-15)12-19(27)25-18-6-2-5-17-16(18)8-7-14(9-10-26)20(17)28/h1-8,11,14,26H,9-10,12H2,(H,25,27). The molecule has 0 spiro atoms. The van der Waals surface area contributed by atoms with Crippen LogP contribution < -0.4 is 5.32 Å². The minimum Gasteiger partial charge on any atom is -0.396 e. The molecule has 1 aliphatic rings. The highest BCUT2D eigenvalue weighted by Gasteiger charge is 2.30. The molecule has 1 aliphatic carbocycles. The average molecular weight is 389 g/mol. The summed E-state index contributed by atoms with van der Waals surface area (Å²) >= 11 is 0. The quantitative estimate of drug-likeness (QED) is 0.809. The van der Waals surface area contributed by atoms with Crippen molar-refractivity contribution in [2.75, 3.05) is 11.9 Å². The third-order valence-corrected chi connectivity index (χ3v) is 4.54. The first-order chi connectivity index (χ1) is 13.3. The third-order valence-electron chi connectivity index (χ3n) is 4.54. The number of halogens is 3. The van der Waals surface area contributed by atoms with Gasteiger partial charge in [0.25, 0.3) is 0 Å². The number of amides is 1. The maximum atomic E-state index is 12.8. The van der Waals surface area contributed by atoms with Crippen molar-refractivity contribution in [3.63, 3.8) is 0 Å². The Kier molecular flexibility index (Phi) is 5.65. The van der Waals surface area contributed by atoms with Crippen molar-refractivity contribution in [3.05, 3.63) is 70.8 Å². The SMILES string of the molecule is O=C(Cc1cccc(C(F)(F)F)c1)Nc1cccc2c1C=CC(CCO)C2=O. The normalized spacial score (nSPS) is 16.0. The number of rotatable bonds is 5. The Labute approximate surface area is 159 Å². The zero-order valence-corrected chi connectivity index (χ0v) is 14.8. The van der Waals surface area contributed by atoms with E-state index >= 15 is 0 Å². The molecule has 146 valence electrons. The highest BCUT2D eigenvalue weighted by molar-refractivity contribution is 6.07. The molecule has 0 bridgehead atoms. The molecule has 0 saturated carbocycles. The van der Waals surface area contributed by atoms with Crippen molar-refractivity contribution in [2.24, 2.45) is 5.92 Å². The van der Waals surface area contributed by atoms with E-state index in [-0.39, 0.29) is 24.4 Å². The lowest BCUT2D eigenvalue weighted by molar-refractivity contribution is -0.137. The van der Waals surface area contributed by atoms with Crippen LogP contribution in [0.1, 0.15) is 33.5 Å². The van der Waals surface area contributed by atoms with Crippen molar-refractivity contribution in [2.45, 2.75) is 19.0 Å². The summed E-state index contributed by atoms with van der Waals surface area (Å²) in [5.41, 5.74) is 0.850. The van der Waals surface area contributed by atoms with Gasteiger partial charge in [0.1, 0.15) is 0 Å². The lowest BCUT2D eigenvalue weighted by Crippen LogP contribution is -2.21. The van der Waals surface area contributed by atoms with Gasteiger partial charge in [-0.15, -0.1) is 0 Å². The number of carbonyl (C=O) groups is 2. The van der Waals surface area contributed by atoms with Gasteiger partial charge in [-0.05, 0) is 24.1 Å². The molecule has 4 nitrogen and oxygen atoms in total. The molecule has 0 aromatic heterocycles. The van der Waals surface area contributed by atoms with E-state index in [0.29, 0.717) is 23.2 Å². The van der Waals surface area contributed by atoms with Crippen LogP contribution in [0.25, 0.3) is 6.08 Å². The van der Waals surface area contributed by atoms with Gasteiger partial charge in [-0.2, -0.15) is 13.2 Å². The Morgan fingerprint density at radius 2 is 1.89 bits per heavy atom. The summed E-state index contributed by atoms with van der Waals surface area (Å²) in [6, 6.07) is 9.53. The fourth-order valence-electron chi connectivity index (χ4n) is 3.17. The van der Waals surface area contributed by atoms with E-state index < -0.39 is 23.6 Å². The second-order valence-electron chi connectivity index (χ2n) is 6.53. The number of hydrogen-bond donors (Lipinski definition) is 2. The first kappa shape index (κ1) is 19.8. The van der Waals surface area contributed by atoms with E-state index in [1.807, 2.05) is 0 Å². The Morgan fingerprint density at radius 3 is 2.61 bits per heavy atom. The van der Waals surface area contributed by atoms with Crippen molar-refractivity contribution < 1.29 is 27.9 Å². The second-order valence-corrected chi connectivity index (χ2v) is 6.53. The molecule has 2 aromatic rings. The van der Waals surface area contributed by atoms with Gasteiger partial charge in [0.05, 0.1) is 12.0 Å². The van der Waals surface area contributed by atoms with Gasteiger partial charge in [0.15, 0.2) is 5.78 Å². The molecule has 28 heavy (non-hydrogen) atoms. The molecule has 2 aromatic carbocycles. The number of hydrogen-bond acceptors (Lipinski definition) is 3. The molecule has 0 saturated heterocycles. The van der Waals surface area contributed by atoms with Gasteiger partial charge in [-0.1, -0.05) is 42.5 Å². The van der Waals surface area contributed by atoms with Crippen LogP contribution in [0.15, 0.2) is 48.5 Å². The first-order valence-electron chi connectivity index (χ1n) is 8.72. The summed E-state index contributed by atoms with van der Waals surface area (Å²) in [5.74, 6) is -1.03. The third kappa shape index (κ3) is 4.31. The maximum absolute atomic E-state index is 12.8. The second kappa shape index (κ2) is 7.98. The van der Waals surface area contributed by atoms with Crippen molar-refractivity contribution in [1.29, 1.82) is 0 Å².